The molecule has 2 aromatic heterocycles. The zero-order valence-corrected chi connectivity index (χ0v) is 25.8. The number of hydrogen-bond donors (Lipinski definition) is 0. The van der Waals surface area contributed by atoms with Gasteiger partial charge in [0.1, 0.15) is 0 Å². The molecule has 0 spiro atoms. The predicted molar refractivity (Wildman–Crippen MR) is 199 cm³/mol. The molecule has 0 aliphatic heterocycles. The van der Waals surface area contributed by atoms with Crippen molar-refractivity contribution < 1.29 is 0 Å². The lowest BCUT2D eigenvalue weighted by molar-refractivity contribution is 1.18. The Morgan fingerprint density at radius 2 is 0.938 bits per heavy atom. The van der Waals surface area contributed by atoms with Crippen LogP contribution in [0, 0.1) is 13.1 Å². The first-order valence-corrected chi connectivity index (χ1v) is 15.8. The third-order valence-corrected chi connectivity index (χ3v) is 9.33. The summed E-state index contributed by atoms with van der Waals surface area (Å²) in [6, 6.07) is 54.8. The standard InChI is InChI=1S/C44H26N4/c1-45-32-22-20-29(21-23-32)30-10-7-12-34(26-30)48-41-18-6-4-15-38(41)44-36(16-9-19-43(44)48)31-11-8-13-35(27-31)47-40-17-5-3-14-37(40)39-28-33(46-2)24-25-42(39)47/h3-28H. The van der Waals surface area contributed by atoms with Crippen LogP contribution in [0.15, 0.2) is 158 Å². The fourth-order valence-electron chi connectivity index (χ4n) is 7.21. The first kappa shape index (κ1) is 27.4. The molecule has 4 nitrogen and oxygen atoms in total. The monoisotopic (exact) mass is 610 g/mol. The van der Waals surface area contributed by atoms with E-state index in [1.165, 1.54) is 16.3 Å². The summed E-state index contributed by atoms with van der Waals surface area (Å²) < 4.78 is 4.67. The van der Waals surface area contributed by atoms with Crippen LogP contribution in [0.5, 0.6) is 0 Å². The maximum atomic E-state index is 7.57. The van der Waals surface area contributed by atoms with E-state index in [9.17, 15) is 0 Å². The number of aromatic nitrogens is 2. The number of rotatable bonds is 4. The molecule has 7 aromatic carbocycles. The summed E-state index contributed by atoms with van der Waals surface area (Å²) in [5.41, 5.74) is 12.4. The summed E-state index contributed by atoms with van der Waals surface area (Å²) in [5.74, 6) is 0. The van der Waals surface area contributed by atoms with Crippen molar-refractivity contribution in [3.63, 3.8) is 0 Å². The van der Waals surface area contributed by atoms with Gasteiger partial charge in [-0.2, -0.15) is 0 Å². The highest BCUT2D eigenvalue weighted by atomic mass is 15.0. The Labute approximate surface area is 277 Å². The normalized spacial score (nSPS) is 11.3. The van der Waals surface area contributed by atoms with E-state index in [1.54, 1.807) is 0 Å². The van der Waals surface area contributed by atoms with Crippen molar-refractivity contribution in [3.8, 4) is 33.6 Å². The van der Waals surface area contributed by atoms with Crippen molar-refractivity contribution in [1.82, 2.24) is 9.13 Å². The summed E-state index contributed by atoms with van der Waals surface area (Å²) in [7, 11) is 0. The average molecular weight is 611 g/mol. The summed E-state index contributed by atoms with van der Waals surface area (Å²) in [5, 5.41) is 4.63. The van der Waals surface area contributed by atoms with Gasteiger partial charge in [0, 0.05) is 27.5 Å². The Kier molecular flexibility index (Phi) is 6.22. The van der Waals surface area contributed by atoms with E-state index in [-0.39, 0.29) is 0 Å². The second kappa shape index (κ2) is 10.9. The van der Waals surface area contributed by atoms with Crippen LogP contribution in [-0.2, 0) is 0 Å². The molecule has 0 atom stereocenters. The molecule has 0 aliphatic carbocycles. The van der Waals surface area contributed by atoms with Crippen LogP contribution in [0.1, 0.15) is 0 Å². The van der Waals surface area contributed by atoms with Crippen molar-refractivity contribution in [3.05, 3.63) is 181 Å². The van der Waals surface area contributed by atoms with Crippen molar-refractivity contribution in [2.45, 2.75) is 0 Å². The van der Waals surface area contributed by atoms with Crippen molar-refractivity contribution >= 4 is 55.0 Å². The minimum Gasteiger partial charge on any atom is -0.309 e. The molecule has 4 heteroatoms. The number of benzene rings is 7. The van der Waals surface area contributed by atoms with E-state index in [1.807, 2.05) is 36.4 Å². The third kappa shape index (κ3) is 4.22. The Balaban J connectivity index is 1.24. The number of hydrogen-bond acceptors (Lipinski definition) is 0. The fraction of sp³-hybridized carbons (Fsp3) is 0. The van der Waals surface area contributed by atoms with Gasteiger partial charge in [-0.3, -0.25) is 0 Å². The first-order valence-electron chi connectivity index (χ1n) is 15.8. The van der Waals surface area contributed by atoms with Crippen molar-refractivity contribution in [2.75, 3.05) is 0 Å². The van der Waals surface area contributed by atoms with E-state index in [0.29, 0.717) is 11.4 Å². The lowest BCUT2D eigenvalue weighted by Gasteiger charge is -2.12. The third-order valence-electron chi connectivity index (χ3n) is 9.33. The zero-order chi connectivity index (χ0) is 32.2. The SMILES string of the molecule is [C-]#[N+]c1ccc(-c2cccc(-n3c4ccccc4c4c(-c5cccc(-n6c7ccccc7c7cc([N+]#[C-])ccc76)c5)cccc43)c2)cc1. The zero-order valence-electron chi connectivity index (χ0n) is 25.8. The predicted octanol–water partition coefficient (Wildman–Crippen LogP) is 12.3. The molecule has 0 saturated carbocycles. The molecule has 0 bridgehead atoms. The highest BCUT2D eigenvalue weighted by Gasteiger charge is 2.18. The Morgan fingerprint density at radius 3 is 1.69 bits per heavy atom. The van der Waals surface area contributed by atoms with Gasteiger partial charge in [0.05, 0.1) is 35.2 Å². The van der Waals surface area contributed by atoms with Gasteiger partial charge in [-0.1, -0.05) is 103 Å². The van der Waals surface area contributed by atoms with E-state index in [0.717, 1.165) is 60.9 Å². The lowest BCUT2D eigenvalue weighted by atomic mass is 9.99. The van der Waals surface area contributed by atoms with Crippen LogP contribution < -0.4 is 0 Å². The summed E-state index contributed by atoms with van der Waals surface area (Å²) in [4.78, 5) is 7.25. The molecular weight excluding hydrogens is 585 g/mol. The molecule has 0 fully saturated rings. The Bertz CT molecular complexity index is 2800. The Morgan fingerprint density at radius 1 is 0.375 bits per heavy atom. The van der Waals surface area contributed by atoms with Crippen LogP contribution in [-0.4, -0.2) is 9.13 Å². The van der Waals surface area contributed by atoms with Gasteiger partial charge in [0.25, 0.3) is 0 Å². The van der Waals surface area contributed by atoms with E-state index in [4.69, 9.17) is 13.1 Å². The van der Waals surface area contributed by atoms with Crippen molar-refractivity contribution in [1.29, 1.82) is 0 Å². The van der Waals surface area contributed by atoms with E-state index >= 15 is 0 Å². The fourth-order valence-corrected chi connectivity index (χ4v) is 7.21. The second-order valence-corrected chi connectivity index (χ2v) is 12.0. The molecular formula is C44H26N4. The molecule has 0 unspecified atom stereocenters. The quantitative estimate of drug-likeness (QED) is 0.177. The number of nitrogens with zero attached hydrogens (tertiary/aromatic N) is 4. The van der Waals surface area contributed by atoms with Gasteiger partial charge in [-0.25, -0.2) is 9.69 Å². The van der Waals surface area contributed by atoms with Gasteiger partial charge < -0.3 is 9.13 Å². The second-order valence-electron chi connectivity index (χ2n) is 12.0. The van der Waals surface area contributed by atoms with Gasteiger partial charge in [0.2, 0.25) is 0 Å². The molecule has 0 aliphatic rings. The van der Waals surface area contributed by atoms with Gasteiger partial charge in [0.15, 0.2) is 11.4 Å². The summed E-state index contributed by atoms with van der Waals surface area (Å²) in [6.07, 6.45) is 0. The minimum atomic E-state index is 0.640. The van der Waals surface area contributed by atoms with Gasteiger partial charge >= 0.3 is 0 Å². The maximum absolute atomic E-state index is 7.57. The summed E-state index contributed by atoms with van der Waals surface area (Å²) >= 11 is 0. The molecule has 9 rings (SSSR count). The van der Waals surface area contributed by atoms with Gasteiger partial charge in [-0.05, 0) is 82.2 Å². The van der Waals surface area contributed by atoms with Crippen molar-refractivity contribution in [2.24, 2.45) is 0 Å². The minimum absolute atomic E-state index is 0.640. The molecule has 48 heavy (non-hydrogen) atoms. The smallest absolute Gasteiger partial charge is 0.188 e. The molecule has 0 saturated heterocycles. The van der Waals surface area contributed by atoms with E-state index in [2.05, 4.69) is 140 Å². The van der Waals surface area contributed by atoms with Crippen LogP contribution >= 0.6 is 0 Å². The lowest BCUT2D eigenvalue weighted by Crippen LogP contribution is -1.95. The van der Waals surface area contributed by atoms with E-state index < -0.39 is 0 Å². The van der Waals surface area contributed by atoms with Gasteiger partial charge in [-0.15, -0.1) is 0 Å². The molecule has 0 amide bonds. The topological polar surface area (TPSA) is 18.6 Å². The number of fused-ring (bicyclic) bond motifs is 6. The molecule has 0 N–H and O–H groups in total. The van der Waals surface area contributed by atoms with Crippen LogP contribution in [0.3, 0.4) is 0 Å². The number of para-hydroxylation sites is 2. The molecule has 9 aromatic rings. The van der Waals surface area contributed by atoms with Crippen LogP contribution in [0.25, 0.3) is 86.9 Å². The molecule has 0 radical (unpaired) electrons. The maximum Gasteiger partial charge on any atom is 0.188 e. The van der Waals surface area contributed by atoms with Crippen LogP contribution in [0.4, 0.5) is 11.4 Å². The molecule has 2 heterocycles. The Hall–Kier alpha value is -6.88. The summed E-state index contributed by atoms with van der Waals surface area (Å²) in [6.45, 7) is 14.9. The van der Waals surface area contributed by atoms with Crippen LogP contribution in [0.2, 0.25) is 0 Å². The average Bonchev–Trinajstić information content (AvgIpc) is 3.67. The molecule has 222 valence electrons. The first-order chi connectivity index (χ1) is 23.7. The highest BCUT2D eigenvalue weighted by molar-refractivity contribution is 6.16. The largest absolute Gasteiger partial charge is 0.309 e. The highest BCUT2D eigenvalue weighted by Crippen LogP contribution is 2.40.